The van der Waals surface area contributed by atoms with Gasteiger partial charge < -0.3 is 0 Å². The molecular formula is C29H19F8N7Ru. The van der Waals surface area contributed by atoms with Gasteiger partial charge in [0.2, 0.25) is 0 Å². The Kier molecular flexibility index (Phi) is 11.7. The number of aromatic nitrogens is 7. The number of aromatic amines is 2. The predicted octanol–water partition coefficient (Wildman–Crippen LogP) is 8.01. The van der Waals surface area contributed by atoms with E-state index in [1.165, 1.54) is 24.5 Å². The first kappa shape index (κ1) is 34.6. The fourth-order valence-electron chi connectivity index (χ4n) is 3.44. The van der Waals surface area contributed by atoms with E-state index in [1.54, 1.807) is 60.8 Å². The molecule has 0 unspecified atom stereocenters. The van der Waals surface area contributed by atoms with Crippen molar-refractivity contribution < 1.29 is 54.6 Å². The second kappa shape index (κ2) is 15.2. The molecule has 0 fully saturated rings. The number of hydrogen-bond acceptors (Lipinski definition) is 5. The zero-order valence-electron chi connectivity index (χ0n) is 22.4. The van der Waals surface area contributed by atoms with Gasteiger partial charge in [-0.15, -0.1) is 0 Å². The Hall–Kier alpha value is -4.85. The standard InChI is InChI=1S/C11H7F2N.2C9H6F3N3.Ru/c12-8-4-5-9(10(13)7-8)11-3-1-2-6-14-11;2*10-9(11,12)8-5-7(14-15-8)6-3-1-2-4-13-6;/h1-7H;2*1-5H,(H,14,15);. The third-order valence-corrected chi connectivity index (χ3v) is 5.49. The summed E-state index contributed by atoms with van der Waals surface area (Å²) in [5, 5.41) is 10.9. The van der Waals surface area contributed by atoms with Gasteiger partial charge in [-0.05, 0) is 60.7 Å². The molecule has 16 heteroatoms. The van der Waals surface area contributed by atoms with Gasteiger partial charge in [-0.2, -0.15) is 36.5 Å². The molecule has 0 atom stereocenters. The predicted molar refractivity (Wildman–Crippen MR) is 143 cm³/mol. The average molecular weight is 719 g/mol. The molecular weight excluding hydrogens is 699 g/mol. The maximum Gasteiger partial charge on any atom is 0.432 e. The molecule has 6 aromatic rings. The zero-order chi connectivity index (χ0) is 31.7. The molecule has 0 radical (unpaired) electrons. The summed E-state index contributed by atoms with van der Waals surface area (Å²) in [6.07, 6.45) is -4.24. The van der Waals surface area contributed by atoms with Crippen LogP contribution in [-0.4, -0.2) is 35.3 Å². The summed E-state index contributed by atoms with van der Waals surface area (Å²) in [5.74, 6) is -1.18. The van der Waals surface area contributed by atoms with Gasteiger partial charge in [0.15, 0.2) is 0 Å². The number of nitrogens with zero attached hydrogens (tertiary/aromatic N) is 5. The molecule has 2 N–H and O–H groups in total. The van der Waals surface area contributed by atoms with E-state index < -0.39 is 35.4 Å². The summed E-state index contributed by atoms with van der Waals surface area (Å²) in [5.41, 5.74) is 0.252. The van der Waals surface area contributed by atoms with Crippen LogP contribution in [0.3, 0.4) is 0 Å². The first-order valence-corrected chi connectivity index (χ1v) is 12.4. The number of rotatable bonds is 3. The molecule has 1 aromatic carbocycles. The Morgan fingerprint density at radius 1 is 0.489 bits per heavy atom. The van der Waals surface area contributed by atoms with E-state index in [2.05, 4.69) is 25.1 Å². The number of hydrogen-bond donors (Lipinski definition) is 2. The zero-order valence-corrected chi connectivity index (χ0v) is 24.2. The first-order chi connectivity index (χ1) is 20.9. The quantitative estimate of drug-likeness (QED) is 0.143. The van der Waals surface area contributed by atoms with Crippen molar-refractivity contribution in [1.82, 2.24) is 35.3 Å². The Morgan fingerprint density at radius 2 is 0.911 bits per heavy atom. The fourth-order valence-corrected chi connectivity index (χ4v) is 3.44. The van der Waals surface area contributed by atoms with Crippen molar-refractivity contribution in [1.29, 1.82) is 0 Å². The van der Waals surface area contributed by atoms with Gasteiger partial charge in [0.25, 0.3) is 0 Å². The molecule has 0 saturated carbocycles. The van der Waals surface area contributed by atoms with E-state index >= 15 is 0 Å². The number of alkyl halides is 6. The molecule has 234 valence electrons. The van der Waals surface area contributed by atoms with E-state index in [9.17, 15) is 35.1 Å². The van der Waals surface area contributed by atoms with Crippen molar-refractivity contribution in [2.75, 3.05) is 0 Å². The van der Waals surface area contributed by atoms with Crippen LogP contribution in [0.5, 0.6) is 0 Å². The molecule has 7 nitrogen and oxygen atoms in total. The van der Waals surface area contributed by atoms with E-state index in [0.717, 1.165) is 18.2 Å². The Morgan fingerprint density at radius 3 is 1.24 bits per heavy atom. The van der Waals surface area contributed by atoms with Crippen LogP contribution in [0.1, 0.15) is 11.4 Å². The van der Waals surface area contributed by atoms with Crippen LogP contribution in [0.25, 0.3) is 34.0 Å². The molecule has 0 aliphatic carbocycles. The van der Waals surface area contributed by atoms with Crippen LogP contribution in [0.4, 0.5) is 35.1 Å². The van der Waals surface area contributed by atoms with Gasteiger partial charge in [-0.1, -0.05) is 18.2 Å². The Balaban J connectivity index is 0.000000182. The minimum atomic E-state index is -4.40. The maximum atomic E-state index is 13.3. The second-order valence-corrected chi connectivity index (χ2v) is 8.60. The third-order valence-electron chi connectivity index (χ3n) is 5.49. The van der Waals surface area contributed by atoms with Crippen LogP contribution < -0.4 is 0 Å². The molecule has 0 bridgehead atoms. The monoisotopic (exact) mass is 719 g/mol. The van der Waals surface area contributed by atoms with Crippen LogP contribution in [0.15, 0.2) is 104 Å². The molecule has 0 aliphatic heterocycles. The molecule has 5 heterocycles. The van der Waals surface area contributed by atoms with Gasteiger partial charge >= 0.3 is 12.4 Å². The van der Waals surface area contributed by atoms with Crippen molar-refractivity contribution in [3.63, 3.8) is 0 Å². The summed E-state index contributed by atoms with van der Waals surface area (Å²) in [6.45, 7) is 0. The number of nitrogens with one attached hydrogen (secondary N) is 2. The fraction of sp³-hybridized carbons (Fsp3) is 0.0690. The SMILES string of the molecule is FC(F)(F)c1cc(-c2ccccn2)n[nH]1.FC(F)(F)c1cc(-c2ccccn2)n[nH]1.Fc1ccc(-c2ccccn2)c(F)c1.[Ru]. The average Bonchev–Trinajstić information content (AvgIpc) is 3.71. The molecule has 0 aliphatic rings. The van der Waals surface area contributed by atoms with Gasteiger partial charge in [-0.3, -0.25) is 25.1 Å². The van der Waals surface area contributed by atoms with Crippen molar-refractivity contribution in [3.8, 4) is 34.0 Å². The molecule has 45 heavy (non-hydrogen) atoms. The molecule has 0 saturated heterocycles. The molecule has 6 rings (SSSR count). The molecule has 0 amide bonds. The minimum Gasteiger partial charge on any atom is -0.273 e. The maximum absolute atomic E-state index is 13.3. The van der Waals surface area contributed by atoms with E-state index in [-0.39, 0.29) is 30.9 Å². The van der Waals surface area contributed by atoms with Gasteiger partial charge in [0.1, 0.15) is 34.4 Å². The number of halogens is 8. The van der Waals surface area contributed by atoms with Crippen molar-refractivity contribution in [2.45, 2.75) is 12.4 Å². The summed E-state index contributed by atoms with van der Waals surface area (Å²) >= 11 is 0. The minimum absolute atomic E-state index is 0. The Labute approximate surface area is 262 Å². The normalized spacial score (nSPS) is 10.9. The van der Waals surface area contributed by atoms with Crippen LogP contribution in [0, 0.1) is 11.6 Å². The van der Waals surface area contributed by atoms with Crippen LogP contribution >= 0.6 is 0 Å². The van der Waals surface area contributed by atoms with E-state index in [4.69, 9.17) is 0 Å². The number of H-pyrrole nitrogens is 2. The molecule has 0 spiro atoms. The third kappa shape index (κ3) is 9.83. The first-order valence-electron chi connectivity index (χ1n) is 12.4. The largest absolute Gasteiger partial charge is 0.432 e. The topological polar surface area (TPSA) is 96.0 Å². The summed E-state index contributed by atoms with van der Waals surface area (Å²) < 4.78 is 99.2. The van der Waals surface area contributed by atoms with Crippen molar-refractivity contribution in [3.05, 3.63) is 127 Å². The van der Waals surface area contributed by atoms with Gasteiger partial charge in [0.05, 0.1) is 17.1 Å². The second-order valence-electron chi connectivity index (χ2n) is 8.60. The van der Waals surface area contributed by atoms with Crippen LogP contribution in [-0.2, 0) is 31.8 Å². The summed E-state index contributed by atoms with van der Waals surface area (Å²) in [7, 11) is 0. The summed E-state index contributed by atoms with van der Waals surface area (Å²) in [4.78, 5) is 11.8. The van der Waals surface area contributed by atoms with Gasteiger partial charge in [0, 0.05) is 49.7 Å². The van der Waals surface area contributed by atoms with Crippen LogP contribution in [0.2, 0.25) is 0 Å². The van der Waals surface area contributed by atoms with Crippen molar-refractivity contribution >= 4 is 0 Å². The number of benzene rings is 1. The Bertz CT molecular complexity index is 1670. The number of pyridine rings is 3. The van der Waals surface area contributed by atoms with Gasteiger partial charge in [-0.25, -0.2) is 8.78 Å². The summed E-state index contributed by atoms with van der Waals surface area (Å²) in [6, 6.07) is 20.4. The van der Waals surface area contributed by atoms with Crippen molar-refractivity contribution in [2.24, 2.45) is 0 Å². The smallest absolute Gasteiger partial charge is 0.273 e. The van der Waals surface area contributed by atoms with E-state index in [1.807, 2.05) is 10.2 Å². The van der Waals surface area contributed by atoms with E-state index in [0.29, 0.717) is 22.6 Å². The molecule has 5 aromatic heterocycles.